The number of rotatable bonds is 5. The average Bonchev–Trinajstić information content (AvgIpc) is 2.34. The van der Waals surface area contributed by atoms with Crippen LogP contribution < -0.4 is 5.32 Å². The smallest absolute Gasteiger partial charge is 0.118 e. The van der Waals surface area contributed by atoms with Crippen molar-refractivity contribution in [1.82, 2.24) is 5.32 Å². The molecule has 1 aromatic carbocycles. The van der Waals surface area contributed by atoms with E-state index in [4.69, 9.17) is 0 Å². The van der Waals surface area contributed by atoms with Crippen molar-refractivity contribution in [3.05, 3.63) is 59.8 Å². The second-order valence-corrected chi connectivity index (χ2v) is 3.75. The van der Waals surface area contributed by atoms with Gasteiger partial charge in [-0.25, -0.2) is 4.39 Å². The molecule has 0 aliphatic heterocycles. The largest absolute Gasteiger partial charge is 0.389 e. The Bertz CT molecular complexity index is 384. The fourth-order valence-corrected chi connectivity index (χ4v) is 1.44. The number of hydrogen-bond donors (Lipinski definition) is 2. The zero-order valence-electron chi connectivity index (χ0n) is 10.1. The van der Waals surface area contributed by atoms with Crippen molar-refractivity contribution in [3.63, 3.8) is 0 Å². The molecule has 2 atom stereocenters. The molecule has 0 bridgehead atoms. The van der Waals surface area contributed by atoms with Gasteiger partial charge in [0.25, 0.3) is 0 Å². The minimum absolute atomic E-state index is 0.633. The number of aliphatic hydroxyl groups is 1. The van der Waals surface area contributed by atoms with Gasteiger partial charge in [0, 0.05) is 12.7 Å². The molecule has 92 valence electrons. The van der Waals surface area contributed by atoms with Crippen LogP contribution in [0.4, 0.5) is 4.39 Å². The van der Waals surface area contributed by atoms with E-state index in [2.05, 4.69) is 5.32 Å². The summed E-state index contributed by atoms with van der Waals surface area (Å²) in [6.07, 6.45) is 2.99. The van der Waals surface area contributed by atoms with E-state index < -0.39 is 12.3 Å². The van der Waals surface area contributed by atoms with Crippen LogP contribution in [-0.2, 0) is 0 Å². The molecule has 0 heterocycles. The molecule has 2 N–H and O–H groups in total. The Hall–Kier alpha value is -1.61. The lowest BCUT2D eigenvalue weighted by molar-refractivity contribution is 0.208. The maximum absolute atomic E-state index is 12.6. The molecule has 0 saturated heterocycles. The molecule has 2 unspecified atom stereocenters. The lowest BCUT2D eigenvalue weighted by atomic mass is 10.1. The predicted molar refractivity (Wildman–Crippen MR) is 68.3 cm³/mol. The quantitative estimate of drug-likeness (QED) is 0.769. The first-order valence-corrected chi connectivity index (χ1v) is 5.58. The first-order chi connectivity index (χ1) is 8.15. The van der Waals surface area contributed by atoms with Gasteiger partial charge in [0.05, 0.1) is 0 Å². The van der Waals surface area contributed by atoms with E-state index in [1.54, 1.807) is 19.2 Å². The number of aliphatic hydroxyl groups excluding tert-OH is 1. The van der Waals surface area contributed by atoms with Gasteiger partial charge in [0.2, 0.25) is 0 Å². The molecule has 0 fully saturated rings. The van der Waals surface area contributed by atoms with Crippen molar-refractivity contribution < 1.29 is 9.50 Å². The summed E-state index contributed by atoms with van der Waals surface area (Å²) in [6, 6.07) is 9.31. The van der Waals surface area contributed by atoms with Crippen LogP contribution in [0, 0.1) is 0 Å². The predicted octanol–water partition coefficient (Wildman–Crippen LogP) is 2.74. The van der Waals surface area contributed by atoms with Crippen LogP contribution in [0.5, 0.6) is 0 Å². The molecule has 1 aromatic rings. The molecule has 17 heavy (non-hydrogen) atoms. The van der Waals surface area contributed by atoms with E-state index in [0.717, 1.165) is 5.56 Å². The van der Waals surface area contributed by atoms with Gasteiger partial charge in [-0.3, -0.25) is 0 Å². The zero-order chi connectivity index (χ0) is 12.7. The van der Waals surface area contributed by atoms with E-state index in [1.165, 1.54) is 13.0 Å². The van der Waals surface area contributed by atoms with Crippen molar-refractivity contribution >= 4 is 0 Å². The molecule has 0 aliphatic carbocycles. The van der Waals surface area contributed by atoms with Gasteiger partial charge in [-0.2, -0.15) is 0 Å². The second kappa shape index (κ2) is 6.86. The number of alkyl halides is 1. The van der Waals surface area contributed by atoms with Gasteiger partial charge in [-0.15, -0.1) is 0 Å². The van der Waals surface area contributed by atoms with Crippen LogP contribution in [0.3, 0.4) is 0 Å². The fraction of sp³-hybridized carbons (Fsp3) is 0.286. The fourth-order valence-electron chi connectivity index (χ4n) is 1.44. The van der Waals surface area contributed by atoms with Gasteiger partial charge < -0.3 is 10.4 Å². The zero-order valence-corrected chi connectivity index (χ0v) is 10.1. The standard InChI is InChI=1S/C14H18FNO/c1-11(15)7-6-10-13(16-2)14(17)12-8-4-3-5-9-12/h3-11,14,16-17H,1-2H3/b7-6-,13-10-. The van der Waals surface area contributed by atoms with E-state index >= 15 is 0 Å². The summed E-state index contributed by atoms with van der Waals surface area (Å²) in [7, 11) is 1.73. The number of hydrogen-bond acceptors (Lipinski definition) is 2. The Morgan fingerprint density at radius 3 is 2.53 bits per heavy atom. The molecule has 0 radical (unpaired) electrons. The molecule has 0 aromatic heterocycles. The highest BCUT2D eigenvalue weighted by Crippen LogP contribution is 2.18. The maximum Gasteiger partial charge on any atom is 0.118 e. The summed E-state index contributed by atoms with van der Waals surface area (Å²) in [6.45, 7) is 1.46. The lowest BCUT2D eigenvalue weighted by Gasteiger charge is -2.14. The number of allylic oxidation sites excluding steroid dienone is 3. The van der Waals surface area contributed by atoms with Crippen molar-refractivity contribution in [2.45, 2.75) is 19.2 Å². The third kappa shape index (κ3) is 4.41. The molecule has 2 nitrogen and oxygen atoms in total. The lowest BCUT2D eigenvalue weighted by Crippen LogP contribution is -2.14. The SMILES string of the molecule is CN/C(=C\C=C/C(C)F)C(O)c1ccccc1. The Balaban J connectivity index is 2.81. The molecule has 0 amide bonds. The summed E-state index contributed by atoms with van der Waals surface area (Å²) in [4.78, 5) is 0. The second-order valence-electron chi connectivity index (χ2n) is 3.75. The van der Waals surface area contributed by atoms with E-state index in [9.17, 15) is 9.50 Å². The van der Waals surface area contributed by atoms with Gasteiger partial charge in [-0.1, -0.05) is 42.5 Å². The maximum atomic E-state index is 12.6. The van der Waals surface area contributed by atoms with Crippen LogP contribution in [-0.4, -0.2) is 18.3 Å². The monoisotopic (exact) mass is 235 g/mol. The highest BCUT2D eigenvalue weighted by Gasteiger charge is 2.10. The van der Waals surface area contributed by atoms with Crippen LogP contribution >= 0.6 is 0 Å². The van der Waals surface area contributed by atoms with E-state index in [1.807, 2.05) is 30.3 Å². The van der Waals surface area contributed by atoms with Gasteiger partial charge in [0.15, 0.2) is 0 Å². The number of halogens is 1. The molecule has 1 rings (SSSR count). The van der Waals surface area contributed by atoms with Crippen molar-refractivity contribution in [2.75, 3.05) is 7.05 Å². The van der Waals surface area contributed by atoms with Gasteiger partial charge in [0.1, 0.15) is 12.3 Å². The van der Waals surface area contributed by atoms with Gasteiger partial charge in [-0.05, 0) is 18.6 Å². The summed E-state index contributed by atoms with van der Waals surface area (Å²) in [5.74, 6) is 0. The van der Waals surface area contributed by atoms with Gasteiger partial charge >= 0.3 is 0 Å². The molecule has 0 spiro atoms. The van der Waals surface area contributed by atoms with Crippen LogP contribution in [0.15, 0.2) is 54.3 Å². The van der Waals surface area contributed by atoms with E-state index in [-0.39, 0.29) is 0 Å². The Morgan fingerprint density at radius 2 is 2.00 bits per heavy atom. The number of nitrogens with one attached hydrogen (secondary N) is 1. The molecular formula is C14H18FNO. The number of benzene rings is 1. The summed E-state index contributed by atoms with van der Waals surface area (Å²) < 4.78 is 12.6. The first kappa shape index (κ1) is 13.5. The molecule has 3 heteroatoms. The van der Waals surface area contributed by atoms with E-state index in [0.29, 0.717) is 5.70 Å². The summed E-state index contributed by atoms with van der Waals surface area (Å²) in [5, 5.41) is 13.0. The van der Waals surface area contributed by atoms with Crippen molar-refractivity contribution in [1.29, 1.82) is 0 Å². The molecular weight excluding hydrogens is 217 g/mol. The Morgan fingerprint density at radius 1 is 1.35 bits per heavy atom. The average molecular weight is 235 g/mol. The highest BCUT2D eigenvalue weighted by atomic mass is 19.1. The van der Waals surface area contributed by atoms with Crippen molar-refractivity contribution in [3.8, 4) is 0 Å². The third-order valence-corrected chi connectivity index (χ3v) is 2.35. The van der Waals surface area contributed by atoms with Crippen LogP contribution in [0.1, 0.15) is 18.6 Å². The minimum Gasteiger partial charge on any atom is -0.389 e. The Labute approximate surface area is 101 Å². The topological polar surface area (TPSA) is 32.3 Å². The van der Waals surface area contributed by atoms with Crippen molar-refractivity contribution in [2.24, 2.45) is 0 Å². The van der Waals surface area contributed by atoms with Crippen LogP contribution in [0.25, 0.3) is 0 Å². The summed E-state index contributed by atoms with van der Waals surface area (Å²) >= 11 is 0. The number of likely N-dealkylation sites (N-methyl/N-ethyl adjacent to an activating group) is 1. The molecule has 0 aliphatic rings. The first-order valence-electron chi connectivity index (χ1n) is 5.58. The Kier molecular flexibility index (Phi) is 5.43. The van der Waals surface area contributed by atoms with Crippen LogP contribution in [0.2, 0.25) is 0 Å². The summed E-state index contributed by atoms with van der Waals surface area (Å²) in [5.41, 5.74) is 1.43. The molecule has 0 saturated carbocycles. The third-order valence-electron chi connectivity index (χ3n) is 2.35. The normalized spacial score (nSPS) is 15.9. The highest BCUT2D eigenvalue weighted by molar-refractivity contribution is 5.27. The minimum atomic E-state index is -0.988.